The zero-order chi connectivity index (χ0) is 16.9. The van der Waals surface area contributed by atoms with Gasteiger partial charge in [0, 0.05) is 46.0 Å². The summed E-state index contributed by atoms with van der Waals surface area (Å²) in [5.74, 6) is 1.05. The summed E-state index contributed by atoms with van der Waals surface area (Å²) >= 11 is 5.95. The van der Waals surface area contributed by atoms with E-state index in [9.17, 15) is 9.00 Å². The maximum absolute atomic E-state index is 12.3. The monoisotopic (exact) mass is 361 g/mol. The van der Waals surface area contributed by atoms with Crippen LogP contribution in [-0.2, 0) is 22.3 Å². The van der Waals surface area contributed by atoms with Gasteiger partial charge in [0.2, 0.25) is 0 Å². The van der Waals surface area contributed by atoms with E-state index in [1.807, 2.05) is 53.4 Å². The molecule has 0 bridgehead atoms. The largest absolute Gasteiger partial charge is 0.339 e. The number of carbonyl (C=O) groups excluding carboxylic acids is 1. The molecule has 1 heterocycles. The molecule has 24 heavy (non-hydrogen) atoms. The molecule has 1 aliphatic heterocycles. The van der Waals surface area contributed by atoms with Crippen molar-refractivity contribution in [1.29, 1.82) is 0 Å². The third-order valence-electron chi connectivity index (χ3n) is 4.14. The van der Waals surface area contributed by atoms with Crippen molar-refractivity contribution in [3.05, 3.63) is 70.2 Å². The molecule has 1 aliphatic rings. The van der Waals surface area contributed by atoms with E-state index in [-0.39, 0.29) is 5.91 Å². The predicted octanol–water partition coefficient (Wildman–Crippen LogP) is 4.02. The summed E-state index contributed by atoms with van der Waals surface area (Å²) in [7, 11) is -1.00. The van der Waals surface area contributed by atoms with Crippen LogP contribution in [0.3, 0.4) is 0 Å². The number of rotatable bonds is 5. The van der Waals surface area contributed by atoms with E-state index in [4.69, 9.17) is 11.6 Å². The highest BCUT2D eigenvalue weighted by Gasteiger charge is 2.19. The topological polar surface area (TPSA) is 37.4 Å². The number of nitrogens with zero attached hydrogens (tertiary/aromatic N) is 1. The zero-order valence-electron chi connectivity index (χ0n) is 13.4. The highest BCUT2D eigenvalue weighted by atomic mass is 35.5. The van der Waals surface area contributed by atoms with E-state index in [1.165, 1.54) is 0 Å². The minimum Gasteiger partial charge on any atom is -0.339 e. The number of hydrogen-bond acceptors (Lipinski definition) is 2. The van der Waals surface area contributed by atoms with Crippen molar-refractivity contribution in [3.63, 3.8) is 0 Å². The summed E-state index contributed by atoms with van der Waals surface area (Å²) in [6, 6.07) is 14.9. The van der Waals surface area contributed by atoms with Gasteiger partial charge in [-0.05, 0) is 48.2 Å². The SMILES string of the molecule is O=C(c1ccc(CS(=O)Cc2cccc(Cl)c2)cc1)N1CCCC1. The van der Waals surface area contributed by atoms with Gasteiger partial charge in [-0.1, -0.05) is 35.9 Å². The number of hydrogen-bond donors (Lipinski definition) is 0. The molecule has 1 unspecified atom stereocenters. The van der Waals surface area contributed by atoms with Gasteiger partial charge in [-0.2, -0.15) is 0 Å². The second-order valence-electron chi connectivity index (χ2n) is 6.05. The Morgan fingerprint density at radius 2 is 1.67 bits per heavy atom. The lowest BCUT2D eigenvalue weighted by Crippen LogP contribution is -2.27. The fourth-order valence-electron chi connectivity index (χ4n) is 2.90. The molecule has 1 amide bonds. The van der Waals surface area contributed by atoms with Gasteiger partial charge < -0.3 is 4.90 Å². The van der Waals surface area contributed by atoms with Crippen molar-refractivity contribution >= 4 is 28.3 Å². The van der Waals surface area contributed by atoms with Crippen LogP contribution in [0.15, 0.2) is 48.5 Å². The summed E-state index contributed by atoms with van der Waals surface area (Å²) in [6.45, 7) is 1.70. The second-order valence-corrected chi connectivity index (χ2v) is 7.95. The summed E-state index contributed by atoms with van der Waals surface area (Å²) in [5.41, 5.74) is 2.66. The number of likely N-dealkylation sites (tertiary alicyclic amines) is 1. The first-order valence-corrected chi connectivity index (χ1v) is 9.96. The van der Waals surface area contributed by atoms with E-state index in [0.29, 0.717) is 22.1 Å². The molecule has 3 rings (SSSR count). The van der Waals surface area contributed by atoms with Crippen molar-refractivity contribution in [2.75, 3.05) is 13.1 Å². The number of carbonyl (C=O) groups is 1. The molecule has 1 saturated heterocycles. The van der Waals surface area contributed by atoms with Gasteiger partial charge >= 0.3 is 0 Å². The molecule has 5 heteroatoms. The van der Waals surface area contributed by atoms with Crippen LogP contribution in [0.5, 0.6) is 0 Å². The van der Waals surface area contributed by atoms with Crippen LogP contribution in [0.25, 0.3) is 0 Å². The van der Waals surface area contributed by atoms with Crippen molar-refractivity contribution < 1.29 is 9.00 Å². The first-order valence-electron chi connectivity index (χ1n) is 8.09. The Balaban J connectivity index is 1.59. The van der Waals surface area contributed by atoms with Gasteiger partial charge in [0.25, 0.3) is 5.91 Å². The molecule has 0 spiro atoms. The Bertz CT molecular complexity index is 739. The Kier molecular flexibility index (Phi) is 5.69. The molecule has 0 aromatic heterocycles. The van der Waals surface area contributed by atoms with Gasteiger partial charge in [-0.15, -0.1) is 0 Å². The van der Waals surface area contributed by atoms with Gasteiger partial charge in [-0.3, -0.25) is 9.00 Å². The fraction of sp³-hybridized carbons (Fsp3) is 0.316. The fourth-order valence-corrected chi connectivity index (χ4v) is 4.33. The van der Waals surface area contributed by atoms with E-state index in [1.54, 1.807) is 0 Å². The second kappa shape index (κ2) is 7.95. The van der Waals surface area contributed by atoms with Crippen molar-refractivity contribution in [2.24, 2.45) is 0 Å². The van der Waals surface area contributed by atoms with Crippen LogP contribution in [0.1, 0.15) is 34.3 Å². The highest BCUT2D eigenvalue weighted by molar-refractivity contribution is 7.83. The quantitative estimate of drug-likeness (QED) is 0.806. The van der Waals surface area contributed by atoms with Crippen molar-refractivity contribution in [1.82, 2.24) is 4.90 Å². The molecule has 1 fully saturated rings. The number of benzene rings is 2. The third kappa shape index (κ3) is 4.46. The minimum atomic E-state index is -1.00. The molecular formula is C19H20ClNO2S. The third-order valence-corrected chi connectivity index (χ3v) is 5.68. The summed E-state index contributed by atoms with van der Waals surface area (Å²) < 4.78 is 12.3. The van der Waals surface area contributed by atoms with Crippen molar-refractivity contribution in [2.45, 2.75) is 24.3 Å². The van der Waals surface area contributed by atoms with Gasteiger partial charge in [0.1, 0.15) is 0 Å². The van der Waals surface area contributed by atoms with E-state index in [0.717, 1.165) is 37.1 Å². The maximum atomic E-state index is 12.3. The lowest BCUT2D eigenvalue weighted by Gasteiger charge is -2.15. The van der Waals surface area contributed by atoms with E-state index in [2.05, 4.69) is 0 Å². The number of halogens is 1. The zero-order valence-corrected chi connectivity index (χ0v) is 15.0. The van der Waals surface area contributed by atoms with Crippen LogP contribution in [0, 0.1) is 0 Å². The van der Waals surface area contributed by atoms with E-state index < -0.39 is 10.8 Å². The maximum Gasteiger partial charge on any atom is 0.253 e. The molecule has 2 aromatic rings. The Hall–Kier alpha value is -1.65. The van der Waals surface area contributed by atoms with Crippen LogP contribution in [0.4, 0.5) is 0 Å². The predicted molar refractivity (Wildman–Crippen MR) is 98.6 cm³/mol. The normalized spacial score (nSPS) is 15.5. The minimum absolute atomic E-state index is 0.0964. The van der Waals surface area contributed by atoms with Gasteiger partial charge in [-0.25, -0.2) is 0 Å². The molecule has 0 radical (unpaired) electrons. The molecule has 0 saturated carbocycles. The Morgan fingerprint density at radius 1 is 1.00 bits per heavy atom. The van der Waals surface area contributed by atoms with Crippen LogP contribution in [-0.4, -0.2) is 28.1 Å². The van der Waals surface area contributed by atoms with E-state index >= 15 is 0 Å². The molecular weight excluding hydrogens is 342 g/mol. The molecule has 2 aromatic carbocycles. The average molecular weight is 362 g/mol. The first-order chi connectivity index (χ1) is 11.6. The van der Waals surface area contributed by atoms with Crippen molar-refractivity contribution in [3.8, 4) is 0 Å². The molecule has 126 valence electrons. The smallest absolute Gasteiger partial charge is 0.253 e. The Morgan fingerprint density at radius 3 is 2.33 bits per heavy atom. The molecule has 0 N–H and O–H groups in total. The van der Waals surface area contributed by atoms with Crippen LogP contribution >= 0.6 is 11.6 Å². The van der Waals surface area contributed by atoms with Gasteiger partial charge in [0.05, 0.1) is 0 Å². The molecule has 0 aliphatic carbocycles. The molecule has 1 atom stereocenters. The lowest BCUT2D eigenvalue weighted by atomic mass is 10.1. The van der Waals surface area contributed by atoms with Crippen LogP contribution in [0.2, 0.25) is 5.02 Å². The summed E-state index contributed by atoms with van der Waals surface area (Å²) in [5, 5.41) is 0.661. The lowest BCUT2D eigenvalue weighted by molar-refractivity contribution is 0.0793. The molecule has 3 nitrogen and oxygen atoms in total. The summed E-state index contributed by atoms with van der Waals surface area (Å²) in [4.78, 5) is 14.2. The first kappa shape index (κ1) is 17.2. The van der Waals surface area contributed by atoms with Gasteiger partial charge in [0.15, 0.2) is 0 Å². The number of amides is 1. The Labute approximate surface area is 150 Å². The summed E-state index contributed by atoms with van der Waals surface area (Å²) in [6.07, 6.45) is 2.18. The average Bonchev–Trinajstić information content (AvgIpc) is 3.09. The standard InChI is InChI=1S/C19H20ClNO2S/c20-18-5-3-4-16(12-18)14-24(23)13-15-6-8-17(9-7-15)19(22)21-10-1-2-11-21/h3-9,12H,1-2,10-11,13-14H2. The van der Waals surface area contributed by atoms with Crippen LogP contribution < -0.4 is 0 Å². The highest BCUT2D eigenvalue weighted by Crippen LogP contribution is 2.16.